The lowest BCUT2D eigenvalue weighted by atomic mass is 9.94. The Kier molecular flexibility index (Phi) is 4.29. The minimum absolute atomic E-state index is 0.962. The maximum atomic E-state index is 4.99. The van der Waals surface area contributed by atoms with E-state index in [4.69, 9.17) is 10.1 Å². The molecule has 0 aliphatic rings. The van der Waals surface area contributed by atoms with E-state index in [0.29, 0.717) is 0 Å². The number of benzene rings is 1. The predicted octanol–water partition coefficient (Wildman–Crippen LogP) is 5.69. The highest BCUT2D eigenvalue weighted by atomic mass is 15.3. The van der Waals surface area contributed by atoms with Gasteiger partial charge in [0.1, 0.15) is 5.65 Å². The van der Waals surface area contributed by atoms with E-state index in [9.17, 15) is 0 Å². The van der Waals surface area contributed by atoms with Crippen LogP contribution in [0.15, 0.2) is 24.4 Å². The number of unbranched alkanes of at least 4 members (excludes halogenated alkanes) is 1. The summed E-state index contributed by atoms with van der Waals surface area (Å²) in [7, 11) is 0. The standard InChI is InChI=1S/C23H28N4/c1-7-8-10-26-11-9-19-17(5)24-22-21(18(6)25-27(22)23(19)26)20-15(3)12-14(2)13-16(20)4/h9,11-13H,7-8,10H2,1-6H3. The van der Waals surface area contributed by atoms with Gasteiger partial charge in [-0.3, -0.25) is 0 Å². The summed E-state index contributed by atoms with van der Waals surface area (Å²) in [4.78, 5) is 4.99. The molecule has 0 amide bonds. The Morgan fingerprint density at radius 1 is 0.926 bits per heavy atom. The molecule has 0 radical (unpaired) electrons. The average Bonchev–Trinajstić information content (AvgIpc) is 3.15. The summed E-state index contributed by atoms with van der Waals surface area (Å²) in [5.74, 6) is 0. The van der Waals surface area contributed by atoms with E-state index < -0.39 is 0 Å². The minimum atomic E-state index is 0.962. The second-order valence-electron chi connectivity index (χ2n) is 7.77. The van der Waals surface area contributed by atoms with Crippen molar-refractivity contribution in [1.82, 2.24) is 19.2 Å². The van der Waals surface area contributed by atoms with E-state index in [1.54, 1.807) is 0 Å². The fourth-order valence-electron chi connectivity index (χ4n) is 4.34. The topological polar surface area (TPSA) is 35.1 Å². The van der Waals surface area contributed by atoms with Crippen LogP contribution in [0.3, 0.4) is 0 Å². The Morgan fingerprint density at radius 2 is 1.63 bits per heavy atom. The van der Waals surface area contributed by atoms with Crippen LogP contribution >= 0.6 is 0 Å². The van der Waals surface area contributed by atoms with Crippen molar-refractivity contribution in [2.75, 3.05) is 0 Å². The van der Waals surface area contributed by atoms with Crippen molar-refractivity contribution >= 4 is 16.7 Å². The van der Waals surface area contributed by atoms with Gasteiger partial charge in [-0.1, -0.05) is 31.0 Å². The van der Waals surface area contributed by atoms with Gasteiger partial charge in [0.15, 0.2) is 5.65 Å². The van der Waals surface area contributed by atoms with Crippen LogP contribution in [0.1, 0.15) is 47.8 Å². The lowest BCUT2D eigenvalue weighted by molar-refractivity contribution is 0.640. The highest BCUT2D eigenvalue weighted by Gasteiger charge is 2.20. The number of nitrogens with zero attached hydrogens (tertiary/aromatic N) is 4. The van der Waals surface area contributed by atoms with Crippen LogP contribution in [-0.4, -0.2) is 19.2 Å². The molecule has 0 fully saturated rings. The molecule has 0 aliphatic carbocycles. The van der Waals surface area contributed by atoms with Crippen molar-refractivity contribution in [2.24, 2.45) is 0 Å². The number of aromatic nitrogens is 4. The van der Waals surface area contributed by atoms with E-state index >= 15 is 0 Å². The van der Waals surface area contributed by atoms with Gasteiger partial charge in [-0.2, -0.15) is 9.61 Å². The largest absolute Gasteiger partial charge is 0.332 e. The Hall–Kier alpha value is -2.62. The highest BCUT2D eigenvalue weighted by molar-refractivity contribution is 5.89. The third-order valence-electron chi connectivity index (χ3n) is 5.51. The first kappa shape index (κ1) is 17.8. The molecule has 0 atom stereocenters. The predicted molar refractivity (Wildman–Crippen MR) is 113 cm³/mol. The molecular formula is C23H28N4. The molecule has 0 N–H and O–H groups in total. The molecule has 140 valence electrons. The van der Waals surface area contributed by atoms with Crippen LogP contribution in [0.25, 0.3) is 27.8 Å². The molecule has 0 saturated heterocycles. The van der Waals surface area contributed by atoms with Crippen molar-refractivity contribution in [2.45, 2.75) is 60.9 Å². The zero-order chi connectivity index (χ0) is 19.3. The van der Waals surface area contributed by atoms with Crippen molar-refractivity contribution < 1.29 is 0 Å². The summed E-state index contributed by atoms with van der Waals surface area (Å²) in [6.07, 6.45) is 4.52. The molecule has 4 aromatic rings. The third-order valence-corrected chi connectivity index (χ3v) is 5.51. The van der Waals surface area contributed by atoms with E-state index in [0.717, 1.165) is 35.6 Å². The quantitative estimate of drug-likeness (QED) is 0.468. The Bertz CT molecular complexity index is 1140. The Balaban J connectivity index is 2.07. The Morgan fingerprint density at radius 3 is 2.30 bits per heavy atom. The zero-order valence-corrected chi connectivity index (χ0v) is 17.2. The monoisotopic (exact) mass is 360 g/mol. The summed E-state index contributed by atoms with van der Waals surface area (Å²) in [5, 5.41) is 6.12. The molecule has 0 bridgehead atoms. The molecule has 4 nitrogen and oxygen atoms in total. The molecular weight excluding hydrogens is 332 g/mol. The van der Waals surface area contributed by atoms with Crippen molar-refractivity contribution in [3.8, 4) is 11.1 Å². The molecule has 4 rings (SSSR count). The second-order valence-corrected chi connectivity index (χ2v) is 7.77. The fraction of sp³-hybridized carbons (Fsp3) is 0.391. The maximum absolute atomic E-state index is 4.99. The highest BCUT2D eigenvalue weighted by Crippen LogP contribution is 2.35. The lowest BCUT2D eigenvalue weighted by Gasteiger charge is -2.12. The summed E-state index contributed by atoms with van der Waals surface area (Å²) >= 11 is 0. The summed E-state index contributed by atoms with van der Waals surface area (Å²) in [5.41, 5.74) is 10.5. The molecule has 3 aromatic heterocycles. The summed E-state index contributed by atoms with van der Waals surface area (Å²) < 4.78 is 4.38. The summed E-state index contributed by atoms with van der Waals surface area (Å²) in [6.45, 7) is 14.0. The molecule has 4 heteroatoms. The van der Waals surface area contributed by atoms with E-state index in [2.05, 4.69) is 75.0 Å². The average molecular weight is 361 g/mol. The lowest BCUT2D eigenvalue weighted by Crippen LogP contribution is -2.03. The number of aryl methyl sites for hydroxylation is 6. The molecule has 0 unspecified atom stereocenters. The first-order valence-corrected chi connectivity index (χ1v) is 9.85. The van der Waals surface area contributed by atoms with Crippen molar-refractivity contribution in [3.63, 3.8) is 0 Å². The number of hydrogen-bond acceptors (Lipinski definition) is 2. The number of hydrogen-bond donors (Lipinski definition) is 0. The smallest absolute Gasteiger partial charge is 0.165 e. The molecule has 3 heterocycles. The van der Waals surface area contributed by atoms with E-state index in [-0.39, 0.29) is 0 Å². The van der Waals surface area contributed by atoms with Gasteiger partial charge in [0.2, 0.25) is 0 Å². The van der Waals surface area contributed by atoms with Gasteiger partial charge in [-0.25, -0.2) is 4.98 Å². The van der Waals surface area contributed by atoms with Gasteiger partial charge < -0.3 is 4.57 Å². The van der Waals surface area contributed by atoms with Crippen molar-refractivity contribution in [3.05, 3.63) is 52.5 Å². The van der Waals surface area contributed by atoms with Gasteiger partial charge >= 0.3 is 0 Å². The second kappa shape index (κ2) is 6.52. The molecule has 27 heavy (non-hydrogen) atoms. The van der Waals surface area contributed by atoms with E-state index in [1.807, 2.05) is 0 Å². The molecule has 1 aromatic carbocycles. The Labute approximate surface area is 160 Å². The van der Waals surface area contributed by atoms with Gasteiger partial charge in [-0.05, 0) is 63.8 Å². The molecule has 0 aliphatic heterocycles. The maximum Gasteiger partial charge on any atom is 0.165 e. The molecule has 0 spiro atoms. The number of rotatable bonds is 4. The SMILES string of the molecule is CCCCn1ccc2c(C)nc3c(-c4c(C)cc(C)cc4C)c(C)nn3c21. The molecule has 0 saturated carbocycles. The van der Waals surface area contributed by atoms with Gasteiger partial charge in [0.25, 0.3) is 0 Å². The third kappa shape index (κ3) is 2.75. The fourth-order valence-corrected chi connectivity index (χ4v) is 4.34. The zero-order valence-electron chi connectivity index (χ0n) is 17.2. The van der Waals surface area contributed by atoms with Gasteiger partial charge in [0, 0.05) is 18.1 Å². The van der Waals surface area contributed by atoms with Crippen LogP contribution in [0.5, 0.6) is 0 Å². The first-order chi connectivity index (χ1) is 12.9. The van der Waals surface area contributed by atoms with Crippen LogP contribution in [0, 0.1) is 34.6 Å². The summed E-state index contributed by atoms with van der Waals surface area (Å²) in [6, 6.07) is 6.67. The normalized spacial score (nSPS) is 11.8. The van der Waals surface area contributed by atoms with Crippen LogP contribution < -0.4 is 0 Å². The van der Waals surface area contributed by atoms with Crippen LogP contribution in [-0.2, 0) is 6.54 Å². The van der Waals surface area contributed by atoms with Crippen LogP contribution in [0.2, 0.25) is 0 Å². The van der Waals surface area contributed by atoms with E-state index in [1.165, 1.54) is 39.6 Å². The minimum Gasteiger partial charge on any atom is -0.332 e. The van der Waals surface area contributed by atoms with Crippen molar-refractivity contribution in [1.29, 1.82) is 0 Å². The van der Waals surface area contributed by atoms with Gasteiger partial charge in [-0.15, -0.1) is 0 Å². The van der Waals surface area contributed by atoms with Crippen LogP contribution in [0.4, 0.5) is 0 Å². The van der Waals surface area contributed by atoms with Gasteiger partial charge in [0.05, 0.1) is 17.0 Å². The number of fused-ring (bicyclic) bond motifs is 3. The first-order valence-electron chi connectivity index (χ1n) is 9.85.